The molecule has 1 atom stereocenters. The third-order valence-electron chi connectivity index (χ3n) is 3.06. The predicted molar refractivity (Wildman–Crippen MR) is 71.6 cm³/mol. The van der Waals surface area contributed by atoms with Crippen molar-refractivity contribution in [3.63, 3.8) is 0 Å². The molecule has 0 saturated carbocycles. The van der Waals surface area contributed by atoms with Gasteiger partial charge in [0.2, 0.25) is 10.0 Å². The van der Waals surface area contributed by atoms with Gasteiger partial charge in [0.05, 0.1) is 11.5 Å². The Hall–Kier alpha value is -0.910. The van der Waals surface area contributed by atoms with Gasteiger partial charge in [-0.1, -0.05) is 39.0 Å². The molecule has 0 aliphatic carbocycles. The van der Waals surface area contributed by atoms with Crippen molar-refractivity contribution >= 4 is 10.0 Å². The number of benzene rings is 1. The van der Waals surface area contributed by atoms with E-state index in [9.17, 15) is 13.5 Å². The van der Waals surface area contributed by atoms with Crippen LogP contribution in [0.2, 0.25) is 0 Å². The first-order chi connectivity index (χ1) is 8.18. The number of rotatable bonds is 4. The summed E-state index contributed by atoms with van der Waals surface area (Å²) in [7, 11) is -3.60. The van der Waals surface area contributed by atoms with E-state index in [2.05, 4.69) is 4.72 Å². The molecule has 1 unspecified atom stereocenters. The minimum absolute atomic E-state index is 0.142. The molecule has 0 saturated heterocycles. The highest BCUT2D eigenvalue weighted by Crippen LogP contribution is 2.22. The SMILES string of the molecule is CC(NS(=O)(=O)c1ccccc1CO)C(C)(C)C. The van der Waals surface area contributed by atoms with E-state index in [1.54, 1.807) is 18.2 Å². The van der Waals surface area contributed by atoms with Crippen LogP contribution in [0.4, 0.5) is 0 Å². The maximum absolute atomic E-state index is 12.2. The van der Waals surface area contributed by atoms with Gasteiger partial charge < -0.3 is 5.11 Å². The summed E-state index contributed by atoms with van der Waals surface area (Å²) in [6, 6.07) is 6.27. The first kappa shape index (κ1) is 15.1. The topological polar surface area (TPSA) is 66.4 Å². The third-order valence-corrected chi connectivity index (χ3v) is 4.70. The molecule has 0 spiro atoms. The van der Waals surface area contributed by atoms with Gasteiger partial charge >= 0.3 is 0 Å². The summed E-state index contributed by atoms with van der Waals surface area (Å²) < 4.78 is 27.1. The van der Waals surface area contributed by atoms with Crippen molar-refractivity contribution in [2.24, 2.45) is 5.41 Å². The van der Waals surface area contributed by atoms with Crippen LogP contribution in [0.15, 0.2) is 29.2 Å². The molecule has 0 heterocycles. The zero-order chi connectivity index (χ0) is 14.0. The predicted octanol–water partition coefficient (Wildman–Crippen LogP) is 1.89. The fraction of sp³-hybridized carbons (Fsp3) is 0.538. The molecule has 1 rings (SSSR count). The highest BCUT2D eigenvalue weighted by molar-refractivity contribution is 7.89. The maximum Gasteiger partial charge on any atom is 0.241 e. The van der Waals surface area contributed by atoms with E-state index in [0.717, 1.165) is 0 Å². The fourth-order valence-corrected chi connectivity index (χ4v) is 3.05. The molecule has 1 aromatic rings. The first-order valence-corrected chi connectivity index (χ1v) is 7.38. The highest BCUT2D eigenvalue weighted by Gasteiger charge is 2.26. The fourth-order valence-electron chi connectivity index (χ4n) is 1.37. The number of aliphatic hydroxyl groups is 1. The van der Waals surface area contributed by atoms with E-state index in [1.165, 1.54) is 6.07 Å². The Morgan fingerprint density at radius 2 is 1.83 bits per heavy atom. The summed E-state index contributed by atoms with van der Waals surface area (Å²) in [6.07, 6.45) is 0. The van der Waals surface area contributed by atoms with Crippen molar-refractivity contribution < 1.29 is 13.5 Å². The molecule has 0 aliphatic rings. The van der Waals surface area contributed by atoms with Gasteiger partial charge in [-0.3, -0.25) is 0 Å². The van der Waals surface area contributed by atoms with Crippen LogP contribution in [0.25, 0.3) is 0 Å². The molecule has 1 aromatic carbocycles. The molecule has 18 heavy (non-hydrogen) atoms. The summed E-state index contributed by atoms with van der Waals surface area (Å²) in [5.74, 6) is 0. The summed E-state index contributed by atoms with van der Waals surface area (Å²) in [5.41, 5.74) is 0.243. The summed E-state index contributed by atoms with van der Waals surface area (Å²) in [6.45, 7) is 7.45. The Labute approximate surface area is 109 Å². The van der Waals surface area contributed by atoms with E-state index in [1.807, 2.05) is 27.7 Å². The van der Waals surface area contributed by atoms with Crippen molar-refractivity contribution in [3.05, 3.63) is 29.8 Å². The average molecular weight is 271 g/mol. The first-order valence-electron chi connectivity index (χ1n) is 5.89. The molecular weight excluding hydrogens is 250 g/mol. The molecule has 102 valence electrons. The van der Waals surface area contributed by atoms with E-state index < -0.39 is 10.0 Å². The number of nitrogens with one attached hydrogen (secondary N) is 1. The lowest BCUT2D eigenvalue weighted by Gasteiger charge is -2.28. The quantitative estimate of drug-likeness (QED) is 0.879. The van der Waals surface area contributed by atoms with E-state index in [0.29, 0.717) is 5.56 Å². The Bertz CT molecular complexity index is 503. The summed E-state index contributed by atoms with van der Waals surface area (Å²) in [5, 5.41) is 9.18. The van der Waals surface area contributed by atoms with Crippen molar-refractivity contribution in [2.75, 3.05) is 0 Å². The molecule has 5 heteroatoms. The Balaban J connectivity index is 3.08. The van der Waals surface area contributed by atoms with Crippen LogP contribution in [0.5, 0.6) is 0 Å². The molecule has 0 fully saturated rings. The van der Waals surface area contributed by atoms with Gasteiger partial charge in [0.15, 0.2) is 0 Å². The van der Waals surface area contributed by atoms with Crippen molar-refractivity contribution in [1.29, 1.82) is 0 Å². The van der Waals surface area contributed by atoms with Crippen LogP contribution in [0, 0.1) is 5.41 Å². The molecule has 0 aliphatic heterocycles. The van der Waals surface area contributed by atoms with E-state index >= 15 is 0 Å². The molecule has 0 amide bonds. The van der Waals surface area contributed by atoms with Gasteiger partial charge in [0, 0.05) is 6.04 Å². The highest BCUT2D eigenvalue weighted by atomic mass is 32.2. The van der Waals surface area contributed by atoms with E-state index in [4.69, 9.17) is 0 Å². The zero-order valence-corrected chi connectivity index (χ0v) is 12.1. The van der Waals surface area contributed by atoms with Crippen molar-refractivity contribution in [2.45, 2.75) is 45.2 Å². The number of hydrogen-bond acceptors (Lipinski definition) is 3. The minimum atomic E-state index is -3.60. The normalized spacial score (nSPS) is 14.5. The molecule has 0 aromatic heterocycles. The number of sulfonamides is 1. The molecule has 2 N–H and O–H groups in total. The van der Waals surface area contributed by atoms with Crippen LogP contribution in [0.3, 0.4) is 0 Å². The third kappa shape index (κ3) is 3.54. The lowest BCUT2D eigenvalue weighted by atomic mass is 9.89. The minimum Gasteiger partial charge on any atom is -0.392 e. The molecular formula is C13H21NO3S. The second kappa shape index (κ2) is 5.38. The summed E-state index contributed by atoms with van der Waals surface area (Å²) >= 11 is 0. The van der Waals surface area contributed by atoms with E-state index in [-0.39, 0.29) is 23.0 Å². The number of hydrogen-bond donors (Lipinski definition) is 2. The van der Waals surface area contributed by atoms with Gasteiger partial charge in [-0.15, -0.1) is 0 Å². The largest absolute Gasteiger partial charge is 0.392 e. The van der Waals surface area contributed by atoms with Crippen LogP contribution >= 0.6 is 0 Å². The van der Waals surface area contributed by atoms with Crippen molar-refractivity contribution in [3.8, 4) is 0 Å². The molecule has 4 nitrogen and oxygen atoms in total. The second-order valence-electron chi connectivity index (χ2n) is 5.47. The van der Waals surface area contributed by atoms with Gasteiger partial charge in [0.25, 0.3) is 0 Å². The van der Waals surface area contributed by atoms with Crippen molar-refractivity contribution in [1.82, 2.24) is 4.72 Å². The van der Waals surface area contributed by atoms with Crippen LogP contribution < -0.4 is 4.72 Å². The molecule has 0 bridgehead atoms. The second-order valence-corrected chi connectivity index (χ2v) is 7.16. The Morgan fingerprint density at radius 1 is 1.28 bits per heavy atom. The van der Waals surface area contributed by atoms with Gasteiger partial charge in [-0.25, -0.2) is 13.1 Å². The average Bonchev–Trinajstić information content (AvgIpc) is 2.27. The smallest absolute Gasteiger partial charge is 0.241 e. The van der Waals surface area contributed by atoms with Gasteiger partial charge in [-0.2, -0.15) is 0 Å². The Morgan fingerprint density at radius 3 is 2.33 bits per heavy atom. The van der Waals surface area contributed by atoms with Crippen LogP contribution in [-0.2, 0) is 16.6 Å². The molecule has 0 radical (unpaired) electrons. The zero-order valence-electron chi connectivity index (χ0n) is 11.3. The number of aliphatic hydroxyl groups excluding tert-OH is 1. The standard InChI is InChI=1S/C13H21NO3S/c1-10(13(2,3)4)14-18(16,17)12-8-6-5-7-11(12)9-15/h5-8,10,14-15H,9H2,1-4H3. The van der Waals surface area contributed by atoms with Gasteiger partial charge in [-0.05, 0) is 24.0 Å². The summed E-state index contributed by atoms with van der Waals surface area (Å²) in [4.78, 5) is 0.142. The van der Waals surface area contributed by atoms with Gasteiger partial charge in [0.1, 0.15) is 0 Å². The Kier molecular flexibility index (Phi) is 4.53. The van der Waals surface area contributed by atoms with Crippen LogP contribution in [0.1, 0.15) is 33.3 Å². The lowest BCUT2D eigenvalue weighted by molar-refractivity contribution is 0.278. The lowest BCUT2D eigenvalue weighted by Crippen LogP contribution is -2.41. The maximum atomic E-state index is 12.2. The van der Waals surface area contributed by atoms with Crippen LogP contribution in [-0.4, -0.2) is 19.6 Å². The monoisotopic (exact) mass is 271 g/mol.